The van der Waals surface area contributed by atoms with Gasteiger partial charge in [0.25, 0.3) is 0 Å². The predicted molar refractivity (Wildman–Crippen MR) is 85.8 cm³/mol. The molecule has 106 valence electrons. The van der Waals surface area contributed by atoms with Gasteiger partial charge in [0.2, 0.25) is 0 Å². The van der Waals surface area contributed by atoms with Crippen molar-refractivity contribution in [2.45, 2.75) is 33.2 Å². The molecule has 0 aliphatic heterocycles. The van der Waals surface area contributed by atoms with E-state index < -0.39 is 0 Å². The van der Waals surface area contributed by atoms with E-state index in [0.29, 0.717) is 0 Å². The zero-order chi connectivity index (χ0) is 14.5. The minimum Gasteiger partial charge on any atom is -0.310 e. The molecule has 0 saturated carbocycles. The molecule has 0 saturated heterocycles. The average molecular weight is 334 g/mol. The van der Waals surface area contributed by atoms with Crippen LogP contribution < -0.4 is 5.32 Å². The fourth-order valence-corrected chi connectivity index (χ4v) is 2.81. The summed E-state index contributed by atoms with van der Waals surface area (Å²) in [5.74, 6) is 0. The summed E-state index contributed by atoms with van der Waals surface area (Å²) in [7, 11) is 0. The van der Waals surface area contributed by atoms with Crippen LogP contribution >= 0.6 is 15.9 Å². The van der Waals surface area contributed by atoms with E-state index in [0.717, 1.165) is 28.8 Å². The molecular weight excluding hydrogens is 314 g/mol. The Morgan fingerprint density at radius 3 is 2.70 bits per heavy atom. The Morgan fingerprint density at radius 1 is 1.20 bits per heavy atom. The maximum absolute atomic E-state index is 4.24. The molecule has 1 atom stereocenters. The smallest absolute Gasteiger partial charge is 0.0648 e. The first kappa shape index (κ1) is 15.1. The predicted octanol–water partition coefficient (Wildman–Crippen LogP) is 3.75. The van der Waals surface area contributed by atoms with Crippen molar-refractivity contribution in [2.75, 3.05) is 6.54 Å². The van der Waals surface area contributed by atoms with E-state index in [1.165, 1.54) is 11.1 Å². The number of nitrogens with one attached hydrogen (secondary N) is 1. The van der Waals surface area contributed by atoms with Gasteiger partial charge in [-0.3, -0.25) is 0 Å². The average Bonchev–Trinajstić information content (AvgIpc) is 2.41. The Bertz CT molecular complexity index is 584. The normalized spacial score (nSPS) is 12.4. The van der Waals surface area contributed by atoms with Crippen molar-refractivity contribution < 1.29 is 0 Å². The van der Waals surface area contributed by atoms with Crippen molar-refractivity contribution >= 4 is 15.9 Å². The first-order chi connectivity index (χ1) is 9.60. The number of likely N-dealkylation sites (N-methyl/N-ethyl adjacent to an activating group) is 1. The van der Waals surface area contributed by atoms with Gasteiger partial charge in [-0.2, -0.15) is 10.2 Å². The number of aromatic nitrogens is 2. The minimum absolute atomic E-state index is 0.267. The SMILES string of the molecule is CCNC(Cc1cccc(Br)c1)c1cc(C)nnc1C. The molecule has 2 aromatic rings. The number of rotatable bonds is 5. The molecule has 3 nitrogen and oxygen atoms in total. The number of nitrogens with zero attached hydrogens (tertiary/aromatic N) is 2. The molecule has 0 spiro atoms. The molecule has 0 radical (unpaired) electrons. The maximum atomic E-state index is 4.24. The Labute approximate surface area is 129 Å². The third-order valence-electron chi connectivity index (χ3n) is 3.29. The summed E-state index contributed by atoms with van der Waals surface area (Å²) < 4.78 is 1.12. The standard InChI is InChI=1S/C16H20BrN3/c1-4-18-16(10-13-6-5-7-14(17)9-13)15-8-11(2)19-20-12(15)3/h5-9,16,18H,4,10H2,1-3H3. The second kappa shape index (κ2) is 6.95. The van der Waals surface area contributed by atoms with Gasteiger partial charge < -0.3 is 5.32 Å². The van der Waals surface area contributed by atoms with Crippen LogP contribution in [0.5, 0.6) is 0 Å². The van der Waals surface area contributed by atoms with Gasteiger partial charge in [-0.25, -0.2) is 0 Å². The molecule has 1 unspecified atom stereocenters. The monoisotopic (exact) mass is 333 g/mol. The van der Waals surface area contributed by atoms with Gasteiger partial charge in [0, 0.05) is 10.5 Å². The molecule has 4 heteroatoms. The molecule has 2 rings (SSSR count). The molecule has 0 bridgehead atoms. The van der Waals surface area contributed by atoms with Gasteiger partial charge in [0.15, 0.2) is 0 Å². The lowest BCUT2D eigenvalue weighted by Gasteiger charge is -2.20. The van der Waals surface area contributed by atoms with Crippen LogP contribution in [0.15, 0.2) is 34.8 Å². The Morgan fingerprint density at radius 2 is 2.00 bits per heavy atom. The molecular formula is C16H20BrN3. The summed E-state index contributed by atoms with van der Waals surface area (Å²) in [5, 5.41) is 11.9. The molecule has 1 heterocycles. The number of hydrogen-bond donors (Lipinski definition) is 1. The molecule has 0 amide bonds. The Balaban J connectivity index is 2.29. The van der Waals surface area contributed by atoms with E-state index in [2.05, 4.69) is 68.7 Å². The summed E-state index contributed by atoms with van der Waals surface area (Å²) in [5.41, 5.74) is 4.50. The molecule has 0 aliphatic rings. The molecule has 1 N–H and O–H groups in total. The van der Waals surface area contributed by atoms with Crippen molar-refractivity contribution in [3.05, 3.63) is 57.3 Å². The second-order valence-electron chi connectivity index (χ2n) is 4.97. The first-order valence-electron chi connectivity index (χ1n) is 6.88. The van der Waals surface area contributed by atoms with Crippen LogP contribution in [-0.4, -0.2) is 16.7 Å². The van der Waals surface area contributed by atoms with E-state index in [1.54, 1.807) is 0 Å². The summed E-state index contributed by atoms with van der Waals surface area (Å²) in [6.07, 6.45) is 0.944. The lowest BCUT2D eigenvalue weighted by atomic mass is 9.97. The van der Waals surface area contributed by atoms with Crippen LogP contribution in [0, 0.1) is 13.8 Å². The quantitative estimate of drug-likeness (QED) is 0.905. The Kier molecular flexibility index (Phi) is 5.26. The van der Waals surface area contributed by atoms with Gasteiger partial charge in [-0.05, 0) is 56.1 Å². The first-order valence-corrected chi connectivity index (χ1v) is 7.68. The van der Waals surface area contributed by atoms with Crippen molar-refractivity contribution in [1.82, 2.24) is 15.5 Å². The van der Waals surface area contributed by atoms with Gasteiger partial charge in [-0.15, -0.1) is 0 Å². The molecule has 20 heavy (non-hydrogen) atoms. The fraction of sp³-hybridized carbons (Fsp3) is 0.375. The fourth-order valence-electron chi connectivity index (χ4n) is 2.36. The summed E-state index contributed by atoms with van der Waals surface area (Å²) in [6.45, 7) is 7.06. The molecule has 1 aromatic heterocycles. The van der Waals surface area contributed by atoms with E-state index in [4.69, 9.17) is 0 Å². The van der Waals surface area contributed by atoms with E-state index in [1.807, 2.05) is 13.8 Å². The summed E-state index contributed by atoms with van der Waals surface area (Å²) in [6, 6.07) is 10.9. The molecule has 1 aromatic carbocycles. The van der Waals surface area contributed by atoms with Gasteiger partial charge >= 0.3 is 0 Å². The zero-order valence-corrected chi connectivity index (χ0v) is 13.7. The van der Waals surface area contributed by atoms with Gasteiger partial charge in [0.05, 0.1) is 11.4 Å². The highest BCUT2D eigenvalue weighted by atomic mass is 79.9. The maximum Gasteiger partial charge on any atom is 0.0648 e. The largest absolute Gasteiger partial charge is 0.310 e. The van der Waals surface area contributed by atoms with Crippen LogP contribution in [0.4, 0.5) is 0 Å². The van der Waals surface area contributed by atoms with Crippen LogP contribution in [0.1, 0.15) is 35.5 Å². The van der Waals surface area contributed by atoms with Crippen molar-refractivity contribution in [2.24, 2.45) is 0 Å². The number of halogens is 1. The van der Waals surface area contributed by atoms with Crippen LogP contribution in [0.3, 0.4) is 0 Å². The summed E-state index contributed by atoms with van der Waals surface area (Å²) in [4.78, 5) is 0. The minimum atomic E-state index is 0.267. The highest BCUT2D eigenvalue weighted by Crippen LogP contribution is 2.22. The Hall–Kier alpha value is -1.26. The number of aryl methyl sites for hydroxylation is 2. The van der Waals surface area contributed by atoms with Crippen LogP contribution in [-0.2, 0) is 6.42 Å². The number of benzene rings is 1. The van der Waals surface area contributed by atoms with E-state index in [9.17, 15) is 0 Å². The van der Waals surface area contributed by atoms with Gasteiger partial charge in [-0.1, -0.05) is 35.0 Å². The van der Waals surface area contributed by atoms with Gasteiger partial charge in [0.1, 0.15) is 0 Å². The highest BCUT2D eigenvalue weighted by molar-refractivity contribution is 9.10. The second-order valence-corrected chi connectivity index (χ2v) is 5.89. The lowest BCUT2D eigenvalue weighted by molar-refractivity contribution is 0.542. The van der Waals surface area contributed by atoms with E-state index >= 15 is 0 Å². The topological polar surface area (TPSA) is 37.8 Å². The van der Waals surface area contributed by atoms with Crippen molar-refractivity contribution in [1.29, 1.82) is 0 Å². The zero-order valence-electron chi connectivity index (χ0n) is 12.2. The highest BCUT2D eigenvalue weighted by Gasteiger charge is 2.15. The van der Waals surface area contributed by atoms with Crippen molar-refractivity contribution in [3.8, 4) is 0 Å². The van der Waals surface area contributed by atoms with E-state index in [-0.39, 0.29) is 6.04 Å². The summed E-state index contributed by atoms with van der Waals surface area (Å²) >= 11 is 3.53. The lowest BCUT2D eigenvalue weighted by Crippen LogP contribution is -2.24. The third kappa shape index (κ3) is 3.87. The molecule has 0 aliphatic carbocycles. The van der Waals surface area contributed by atoms with Crippen molar-refractivity contribution in [3.63, 3.8) is 0 Å². The molecule has 0 fully saturated rings. The number of hydrogen-bond acceptors (Lipinski definition) is 3. The van der Waals surface area contributed by atoms with Crippen LogP contribution in [0.2, 0.25) is 0 Å². The third-order valence-corrected chi connectivity index (χ3v) is 3.79. The van der Waals surface area contributed by atoms with Crippen LogP contribution in [0.25, 0.3) is 0 Å².